The SMILES string of the molecule is Nc1ccc(F)c(F)c1N1CC(CCl)CC1=O. The van der Waals surface area contributed by atoms with E-state index in [2.05, 4.69) is 0 Å². The minimum atomic E-state index is -1.09. The molecule has 1 aliphatic heterocycles. The van der Waals surface area contributed by atoms with Crippen molar-refractivity contribution in [1.82, 2.24) is 0 Å². The second kappa shape index (κ2) is 4.49. The van der Waals surface area contributed by atoms with Gasteiger partial charge in [0.15, 0.2) is 11.6 Å². The van der Waals surface area contributed by atoms with E-state index >= 15 is 0 Å². The largest absolute Gasteiger partial charge is 0.397 e. The maximum atomic E-state index is 13.6. The number of halogens is 3. The molecule has 1 amide bonds. The Morgan fingerprint density at radius 1 is 1.47 bits per heavy atom. The molecule has 92 valence electrons. The zero-order chi connectivity index (χ0) is 12.6. The summed E-state index contributed by atoms with van der Waals surface area (Å²) < 4.78 is 26.8. The van der Waals surface area contributed by atoms with Crippen molar-refractivity contribution in [3.63, 3.8) is 0 Å². The summed E-state index contributed by atoms with van der Waals surface area (Å²) in [5, 5.41) is 0. The van der Waals surface area contributed by atoms with Crippen LogP contribution in [0.15, 0.2) is 12.1 Å². The molecule has 0 bridgehead atoms. The number of benzene rings is 1. The fourth-order valence-corrected chi connectivity index (χ4v) is 2.14. The Bertz CT molecular complexity index is 467. The van der Waals surface area contributed by atoms with Crippen LogP contribution in [0.3, 0.4) is 0 Å². The fourth-order valence-electron chi connectivity index (χ4n) is 1.93. The molecule has 1 unspecified atom stereocenters. The Morgan fingerprint density at radius 3 is 2.76 bits per heavy atom. The van der Waals surface area contributed by atoms with Gasteiger partial charge in [-0.3, -0.25) is 4.79 Å². The highest BCUT2D eigenvalue weighted by atomic mass is 35.5. The molecule has 17 heavy (non-hydrogen) atoms. The predicted octanol–water partition coefficient (Wildman–Crippen LogP) is 2.14. The second-order valence-electron chi connectivity index (χ2n) is 4.03. The molecule has 0 radical (unpaired) electrons. The topological polar surface area (TPSA) is 46.3 Å². The van der Waals surface area contributed by atoms with Crippen molar-refractivity contribution in [2.24, 2.45) is 5.92 Å². The summed E-state index contributed by atoms with van der Waals surface area (Å²) in [6, 6.07) is 2.18. The molecular formula is C11H11ClF2N2O. The van der Waals surface area contributed by atoms with Crippen LogP contribution in [-0.2, 0) is 4.79 Å². The summed E-state index contributed by atoms with van der Waals surface area (Å²) in [7, 11) is 0. The van der Waals surface area contributed by atoms with Crippen LogP contribution in [-0.4, -0.2) is 18.3 Å². The zero-order valence-electron chi connectivity index (χ0n) is 8.92. The molecule has 0 aromatic heterocycles. The number of anilines is 2. The molecule has 1 aromatic carbocycles. The number of nitrogens with zero attached hydrogens (tertiary/aromatic N) is 1. The maximum absolute atomic E-state index is 13.6. The van der Waals surface area contributed by atoms with Crippen LogP contribution in [0.5, 0.6) is 0 Å². The molecule has 0 spiro atoms. The lowest BCUT2D eigenvalue weighted by molar-refractivity contribution is -0.117. The van der Waals surface area contributed by atoms with Crippen LogP contribution in [0.25, 0.3) is 0 Å². The summed E-state index contributed by atoms with van der Waals surface area (Å²) in [5.41, 5.74) is 5.46. The quantitative estimate of drug-likeness (QED) is 0.654. The maximum Gasteiger partial charge on any atom is 0.227 e. The van der Waals surface area contributed by atoms with Crippen molar-refractivity contribution >= 4 is 28.9 Å². The minimum Gasteiger partial charge on any atom is -0.397 e. The lowest BCUT2D eigenvalue weighted by atomic mass is 10.1. The van der Waals surface area contributed by atoms with E-state index in [4.69, 9.17) is 17.3 Å². The van der Waals surface area contributed by atoms with Gasteiger partial charge in [-0.05, 0) is 18.1 Å². The molecular weight excluding hydrogens is 250 g/mol. The normalized spacial score (nSPS) is 20.1. The molecule has 0 saturated carbocycles. The number of alkyl halides is 1. The van der Waals surface area contributed by atoms with Gasteiger partial charge in [0.25, 0.3) is 0 Å². The molecule has 6 heteroatoms. The van der Waals surface area contributed by atoms with Crippen molar-refractivity contribution < 1.29 is 13.6 Å². The Kier molecular flexibility index (Phi) is 3.19. The lowest BCUT2D eigenvalue weighted by Gasteiger charge is -2.19. The number of amides is 1. The van der Waals surface area contributed by atoms with Gasteiger partial charge in [0.05, 0.1) is 5.69 Å². The molecule has 1 heterocycles. The van der Waals surface area contributed by atoms with Gasteiger partial charge in [-0.2, -0.15) is 0 Å². The van der Waals surface area contributed by atoms with Gasteiger partial charge >= 0.3 is 0 Å². The predicted molar refractivity (Wildman–Crippen MR) is 62.0 cm³/mol. The Balaban J connectivity index is 2.41. The standard InChI is InChI=1S/C11H11ClF2N2O/c12-4-6-3-9(17)16(5-6)11-8(15)2-1-7(13)10(11)14/h1-2,6H,3-5,15H2. The van der Waals surface area contributed by atoms with Gasteiger partial charge < -0.3 is 10.6 Å². The van der Waals surface area contributed by atoms with E-state index in [-0.39, 0.29) is 36.2 Å². The van der Waals surface area contributed by atoms with Crippen LogP contribution in [0, 0.1) is 17.6 Å². The van der Waals surface area contributed by atoms with Crippen molar-refractivity contribution in [1.29, 1.82) is 0 Å². The van der Waals surface area contributed by atoms with E-state index in [0.717, 1.165) is 6.07 Å². The average molecular weight is 261 g/mol. The monoisotopic (exact) mass is 260 g/mol. The lowest BCUT2D eigenvalue weighted by Crippen LogP contribution is -2.27. The van der Waals surface area contributed by atoms with Crippen LogP contribution in [0.4, 0.5) is 20.2 Å². The summed E-state index contributed by atoms with van der Waals surface area (Å²) in [6.45, 7) is 0.271. The van der Waals surface area contributed by atoms with E-state index in [1.165, 1.54) is 11.0 Å². The van der Waals surface area contributed by atoms with Crippen molar-refractivity contribution in [3.05, 3.63) is 23.8 Å². The van der Waals surface area contributed by atoms with Crippen LogP contribution in [0.1, 0.15) is 6.42 Å². The van der Waals surface area contributed by atoms with Crippen molar-refractivity contribution in [2.45, 2.75) is 6.42 Å². The van der Waals surface area contributed by atoms with Gasteiger partial charge in [-0.25, -0.2) is 8.78 Å². The van der Waals surface area contributed by atoms with Gasteiger partial charge in [-0.1, -0.05) is 0 Å². The number of hydrogen-bond donors (Lipinski definition) is 1. The highest BCUT2D eigenvalue weighted by molar-refractivity contribution is 6.18. The number of nitrogen functional groups attached to an aromatic ring is 1. The van der Waals surface area contributed by atoms with Crippen LogP contribution < -0.4 is 10.6 Å². The molecule has 2 N–H and O–H groups in total. The molecule has 1 aliphatic rings. The molecule has 3 nitrogen and oxygen atoms in total. The first-order chi connectivity index (χ1) is 8.04. The van der Waals surface area contributed by atoms with Gasteiger partial charge in [0.2, 0.25) is 5.91 Å². The molecule has 0 aliphatic carbocycles. The summed E-state index contributed by atoms with van der Waals surface area (Å²) in [4.78, 5) is 12.8. The second-order valence-corrected chi connectivity index (χ2v) is 4.34. The number of carbonyl (C=O) groups excluding carboxylic acids is 1. The van der Waals surface area contributed by atoms with Crippen LogP contribution >= 0.6 is 11.6 Å². The van der Waals surface area contributed by atoms with E-state index in [1.54, 1.807) is 0 Å². The molecule has 1 saturated heterocycles. The molecule has 1 fully saturated rings. The molecule has 2 rings (SSSR count). The zero-order valence-corrected chi connectivity index (χ0v) is 9.68. The number of carbonyl (C=O) groups is 1. The van der Waals surface area contributed by atoms with Gasteiger partial charge in [-0.15, -0.1) is 11.6 Å². The van der Waals surface area contributed by atoms with Gasteiger partial charge in [0.1, 0.15) is 5.69 Å². The molecule has 1 atom stereocenters. The number of nitrogens with two attached hydrogens (primary N) is 1. The third-order valence-electron chi connectivity index (χ3n) is 2.79. The first-order valence-corrected chi connectivity index (χ1v) is 5.67. The smallest absolute Gasteiger partial charge is 0.227 e. The first kappa shape index (κ1) is 12.1. The van der Waals surface area contributed by atoms with Crippen LogP contribution in [0.2, 0.25) is 0 Å². The molecule has 1 aromatic rings. The third kappa shape index (κ3) is 2.07. The highest BCUT2D eigenvalue weighted by Crippen LogP contribution is 2.33. The number of rotatable bonds is 2. The Labute approximate surface area is 102 Å². The Morgan fingerprint density at radius 2 is 2.18 bits per heavy atom. The fraction of sp³-hybridized carbons (Fsp3) is 0.364. The van der Waals surface area contributed by atoms with E-state index < -0.39 is 11.6 Å². The number of hydrogen-bond acceptors (Lipinski definition) is 2. The minimum absolute atomic E-state index is 0.0486. The summed E-state index contributed by atoms with van der Waals surface area (Å²) in [5.74, 6) is -2.14. The Hall–Kier alpha value is -1.36. The van der Waals surface area contributed by atoms with E-state index in [0.29, 0.717) is 5.88 Å². The van der Waals surface area contributed by atoms with E-state index in [1.807, 2.05) is 0 Å². The van der Waals surface area contributed by atoms with Crippen molar-refractivity contribution in [3.8, 4) is 0 Å². The summed E-state index contributed by atoms with van der Waals surface area (Å²) in [6.07, 6.45) is 0.235. The highest BCUT2D eigenvalue weighted by Gasteiger charge is 2.33. The first-order valence-electron chi connectivity index (χ1n) is 5.14. The van der Waals surface area contributed by atoms with Gasteiger partial charge in [0, 0.05) is 18.8 Å². The third-order valence-corrected chi connectivity index (χ3v) is 3.23. The van der Waals surface area contributed by atoms with E-state index in [9.17, 15) is 13.6 Å². The van der Waals surface area contributed by atoms with Crippen molar-refractivity contribution in [2.75, 3.05) is 23.1 Å². The average Bonchev–Trinajstić information content (AvgIpc) is 2.66. The summed E-state index contributed by atoms with van der Waals surface area (Å²) >= 11 is 5.66.